The van der Waals surface area contributed by atoms with Crippen molar-refractivity contribution in [2.24, 2.45) is 12.0 Å². The fourth-order valence-electron chi connectivity index (χ4n) is 4.15. The van der Waals surface area contributed by atoms with Crippen molar-refractivity contribution in [2.45, 2.75) is 19.9 Å². The summed E-state index contributed by atoms with van der Waals surface area (Å²) in [7, 11) is 7.69. The van der Waals surface area contributed by atoms with Gasteiger partial charge in [0.1, 0.15) is 6.04 Å². The lowest BCUT2D eigenvalue weighted by atomic mass is 9.96. The minimum absolute atomic E-state index is 0.297. The molecule has 0 radical (unpaired) electrons. The number of fused-ring (bicyclic) bond motifs is 1. The summed E-state index contributed by atoms with van der Waals surface area (Å²) in [5, 5.41) is 4.32. The van der Waals surface area contributed by atoms with E-state index in [2.05, 4.69) is 10.1 Å². The first-order valence-corrected chi connectivity index (χ1v) is 11.5. The van der Waals surface area contributed by atoms with Crippen LogP contribution < -0.4 is 29.1 Å². The summed E-state index contributed by atoms with van der Waals surface area (Å²) in [5.41, 5.74) is 2.66. The molecule has 4 rings (SSSR count). The molecule has 1 aliphatic rings. The molecule has 184 valence electrons. The molecule has 2 aromatic heterocycles. The molecule has 1 atom stereocenters. The van der Waals surface area contributed by atoms with Gasteiger partial charge in [-0.05, 0) is 32.1 Å². The van der Waals surface area contributed by atoms with Crippen molar-refractivity contribution >= 4 is 23.4 Å². The van der Waals surface area contributed by atoms with Gasteiger partial charge in [0.05, 0.1) is 50.4 Å². The molecule has 0 N–H and O–H groups in total. The van der Waals surface area contributed by atoms with E-state index in [1.807, 2.05) is 6.92 Å². The summed E-state index contributed by atoms with van der Waals surface area (Å²) in [6.45, 7) is 3.62. The van der Waals surface area contributed by atoms with Gasteiger partial charge in [-0.1, -0.05) is 11.3 Å². The van der Waals surface area contributed by atoms with Gasteiger partial charge in [-0.25, -0.2) is 9.79 Å². The lowest BCUT2D eigenvalue weighted by Gasteiger charge is -2.23. The fourth-order valence-corrected chi connectivity index (χ4v) is 5.19. The number of thiazole rings is 1. The summed E-state index contributed by atoms with van der Waals surface area (Å²) >= 11 is 1.22. The summed E-state index contributed by atoms with van der Waals surface area (Å²) < 4.78 is 25.1. The van der Waals surface area contributed by atoms with Crippen LogP contribution in [0, 0.1) is 6.92 Å². The topological polar surface area (TPSA) is 106 Å². The van der Waals surface area contributed by atoms with Crippen LogP contribution in [0.2, 0.25) is 0 Å². The quantitative estimate of drug-likeness (QED) is 0.474. The molecule has 0 aliphatic carbocycles. The molecule has 0 saturated carbocycles. The van der Waals surface area contributed by atoms with E-state index in [1.54, 1.807) is 43.1 Å². The second-order valence-electron chi connectivity index (χ2n) is 7.81. The Hall–Kier alpha value is -3.86. The fraction of sp³-hybridized carbons (Fsp3) is 0.333. The van der Waals surface area contributed by atoms with Crippen molar-refractivity contribution in [3.8, 4) is 17.2 Å². The van der Waals surface area contributed by atoms with Crippen LogP contribution in [0.5, 0.6) is 17.2 Å². The molecule has 3 aromatic rings. The zero-order valence-electron chi connectivity index (χ0n) is 20.5. The molecule has 0 bridgehead atoms. The van der Waals surface area contributed by atoms with Crippen molar-refractivity contribution in [1.29, 1.82) is 0 Å². The minimum Gasteiger partial charge on any atom is -0.493 e. The van der Waals surface area contributed by atoms with E-state index in [-0.39, 0.29) is 5.56 Å². The zero-order valence-corrected chi connectivity index (χ0v) is 21.3. The van der Waals surface area contributed by atoms with Crippen LogP contribution in [-0.4, -0.2) is 48.8 Å². The third-order valence-electron chi connectivity index (χ3n) is 6.02. The Kier molecular flexibility index (Phi) is 6.53. The van der Waals surface area contributed by atoms with E-state index in [0.717, 1.165) is 11.3 Å². The van der Waals surface area contributed by atoms with Gasteiger partial charge in [0.15, 0.2) is 16.3 Å². The molecule has 0 fully saturated rings. The molecule has 1 aliphatic heterocycles. The number of esters is 1. The smallest absolute Gasteiger partial charge is 0.338 e. The molecular weight excluding hydrogens is 472 g/mol. The molecule has 1 aromatic carbocycles. The number of aromatic nitrogens is 3. The van der Waals surface area contributed by atoms with E-state index in [4.69, 9.17) is 18.9 Å². The average Bonchev–Trinajstić information content (AvgIpc) is 3.35. The number of rotatable bonds is 6. The second kappa shape index (κ2) is 9.41. The highest BCUT2D eigenvalue weighted by Crippen LogP contribution is 2.40. The molecule has 35 heavy (non-hydrogen) atoms. The van der Waals surface area contributed by atoms with Gasteiger partial charge in [0, 0.05) is 23.9 Å². The molecule has 0 spiro atoms. The summed E-state index contributed by atoms with van der Waals surface area (Å²) in [5.74, 6) is 0.816. The second-order valence-corrected chi connectivity index (χ2v) is 8.81. The number of ether oxygens (including phenoxy) is 4. The van der Waals surface area contributed by atoms with E-state index in [0.29, 0.717) is 43.4 Å². The van der Waals surface area contributed by atoms with Crippen LogP contribution in [0.4, 0.5) is 0 Å². The van der Waals surface area contributed by atoms with Crippen molar-refractivity contribution in [2.75, 3.05) is 28.4 Å². The number of benzene rings is 1. The van der Waals surface area contributed by atoms with Gasteiger partial charge >= 0.3 is 5.97 Å². The highest BCUT2D eigenvalue weighted by Gasteiger charge is 2.35. The maximum atomic E-state index is 13.7. The van der Waals surface area contributed by atoms with Crippen LogP contribution in [0.15, 0.2) is 39.4 Å². The van der Waals surface area contributed by atoms with Gasteiger partial charge in [-0.15, -0.1) is 0 Å². The van der Waals surface area contributed by atoms with Crippen LogP contribution in [0.1, 0.15) is 29.8 Å². The van der Waals surface area contributed by atoms with Gasteiger partial charge in [-0.2, -0.15) is 5.10 Å². The Bertz CT molecular complexity index is 1530. The SMILES string of the molecule is COC(=O)C1=C(C)N=c2sc(=Cc3ccc(OC)c(OC)c3OC)c(=O)n2C1c1cnn(C)c1C. The Morgan fingerprint density at radius 1 is 1.09 bits per heavy atom. The number of carbonyl (C=O) groups excluding carboxylic acids is 1. The molecule has 3 heterocycles. The maximum absolute atomic E-state index is 13.7. The Balaban J connectivity index is 2.00. The first-order chi connectivity index (χ1) is 16.8. The number of methoxy groups -OCH3 is 4. The van der Waals surface area contributed by atoms with Crippen molar-refractivity contribution in [3.63, 3.8) is 0 Å². The maximum Gasteiger partial charge on any atom is 0.338 e. The Morgan fingerprint density at radius 2 is 1.80 bits per heavy atom. The summed E-state index contributed by atoms with van der Waals surface area (Å²) in [4.78, 5) is 31.6. The van der Waals surface area contributed by atoms with E-state index in [1.165, 1.54) is 44.3 Å². The zero-order chi connectivity index (χ0) is 25.4. The third kappa shape index (κ3) is 3.91. The average molecular weight is 499 g/mol. The molecule has 0 saturated heterocycles. The van der Waals surface area contributed by atoms with Crippen LogP contribution in [0.25, 0.3) is 6.08 Å². The van der Waals surface area contributed by atoms with Crippen molar-refractivity contribution < 1.29 is 23.7 Å². The van der Waals surface area contributed by atoms with Crippen LogP contribution >= 0.6 is 11.3 Å². The minimum atomic E-state index is -0.721. The molecule has 11 heteroatoms. The van der Waals surface area contributed by atoms with E-state index < -0.39 is 12.0 Å². The highest BCUT2D eigenvalue weighted by molar-refractivity contribution is 7.07. The van der Waals surface area contributed by atoms with E-state index in [9.17, 15) is 9.59 Å². The van der Waals surface area contributed by atoms with Crippen LogP contribution in [0.3, 0.4) is 0 Å². The third-order valence-corrected chi connectivity index (χ3v) is 7.00. The first kappa shape index (κ1) is 24.3. The predicted molar refractivity (Wildman–Crippen MR) is 130 cm³/mol. The number of allylic oxidation sites excluding steroid dienone is 1. The van der Waals surface area contributed by atoms with Gasteiger partial charge in [0.2, 0.25) is 5.75 Å². The number of hydrogen-bond acceptors (Lipinski definition) is 9. The van der Waals surface area contributed by atoms with Crippen LogP contribution in [-0.2, 0) is 16.6 Å². The first-order valence-electron chi connectivity index (χ1n) is 10.7. The number of aryl methyl sites for hydroxylation is 1. The number of carbonyl (C=O) groups is 1. The molecular formula is C24H26N4O6S. The number of hydrogen-bond donors (Lipinski definition) is 0. The standard InChI is InChI=1S/C24H26N4O6S/c1-12-18(23(30)34-7)19(15-11-25-27(3)13(15)2)28-22(29)17(35-24(28)26-12)10-14-8-9-16(31-4)21(33-6)20(14)32-5/h8-11,19H,1-7H3. The molecule has 0 amide bonds. The lowest BCUT2D eigenvalue weighted by molar-refractivity contribution is -0.136. The highest BCUT2D eigenvalue weighted by atomic mass is 32.1. The predicted octanol–water partition coefficient (Wildman–Crippen LogP) is 1.48. The van der Waals surface area contributed by atoms with Crippen molar-refractivity contribution in [1.82, 2.24) is 14.3 Å². The lowest BCUT2D eigenvalue weighted by Crippen LogP contribution is -2.40. The van der Waals surface area contributed by atoms with Crippen molar-refractivity contribution in [3.05, 3.63) is 66.1 Å². The largest absolute Gasteiger partial charge is 0.493 e. The monoisotopic (exact) mass is 498 g/mol. The normalized spacial score (nSPS) is 15.5. The van der Waals surface area contributed by atoms with Gasteiger partial charge in [0.25, 0.3) is 5.56 Å². The number of nitrogens with zero attached hydrogens (tertiary/aromatic N) is 4. The Labute approximate surface area is 205 Å². The van der Waals surface area contributed by atoms with Gasteiger partial charge in [-0.3, -0.25) is 14.0 Å². The summed E-state index contributed by atoms with van der Waals surface area (Å²) in [6.07, 6.45) is 3.38. The van der Waals surface area contributed by atoms with Gasteiger partial charge < -0.3 is 18.9 Å². The Morgan fingerprint density at radius 3 is 2.37 bits per heavy atom. The van der Waals surface area contributed by atoms with E-state index >= 15 is 0 Å². The molecule has 1 unspecified atom stereocenters. The molecule has 10 nitrogen and oxygen atoms in total. The summed E-state index contributed by atoms with van der Waals surface area (Å²) in [6, 6.07) is 2.81.